The second-order valence-electron chi connectivity index (χ2n) is 5.48. The van der Waals surface area contributed by atoms with Crippen molar-refractivity contribution < 1.29 is 14.6 Å². The smallest absolute Gasteiger partial charge is 0.320 e. The van der Waals surface area contributed by atoms with Gasteiger partial charge in [0, 0.05) is 19.2 Å². The van der Waals surface area contributed by atoms with Gasteiger partial charge in [-0.2, -0.15) is 0 Å². The van der Waals surface area contributed by atoms with E-state index in [2.05, 4.69) is 11.8 Å². The quantitative estimate of drug-likeness (QED) is 0.739. The number of aliphatic hydroxyl groups is 1. The Kier molecular flexibility index (Phi) is 5.92. The maximum absolute atomic E-state index is 11.6. The molecule has 1 heterocycles. The molecule has 0 amide bonds. The number of hydrogen-bond acceptors (Lipinski definition) is 4. The van der Waals surface area contributed by atoms with Crippen LogP contribution in [0.2, 0.25) is 0 Å². The number of piperidine rings is 1. The van der Waals surface area contributed by atoms with Gasteiger partial charge in [0.1, 0.15) is 0 Å². The molecule has 0 aromatic rings. The predicted molar refractivity (Wildman–Crippen MR) is 66.6 cm³/mol. The minimum atomic E-state index is -0.149. The lowest BCUT2D eigenvalue weighted by Crippen LogP contribution is -2.45. The van der Waals surface area contributed by atoms with Crippen LogP contribution in [0.4, 0.5) is 0 Å². The van der Waals surface area contributed by atoms with Crippen LogP contribution in [0.3, 0.4) is 0 Å². The fourth-order valence-corrected chi connectivity index (χ4v) is 2.10. The van der Waals surface area contributed by atoms with Gasteiger partial charge in [0.2, 0.25) is 0 Å². The van der Waals surface area contributed by atoms with Gasteiger partial charge in [-0.15, -0.1) is 0 Å². The van der Waals surface area contributed by atoms with Crippen molar-refractivity contribution in [3.05, 3.63) is 0 Å². The molecule has 1 N–H and O–H groups in total. The Balaban J connectivity index is 2.35. The van der Waals surface area contributed by atoms with Gasteiger partial charge in [0.05, 0.1) is 13.2 Å². The maximum Gasteiger partial charge on any atom is 0.320 e. The van der Waals surface area contributed by atoms with Gasteiger partial charge in [0.25, 0.3) is 0 Å². The number of carbonyl (C=O) groups excluding carboxylic acids is 1. The zero-order chi connectivity index (χ0) is 12.8. The Hall–Kier alpha value is -0.610. The van der Waals surface area contributed by atoms with E-state index in [9.17, 15) is 4.79 Å². The minimum Gasteiger partial charge on any atom is -0.464 e. The molecule has 1 saturated heterocycles. The summed E-state index contributed by atoms with van der Waals surface area (Å²) < 4.78 is 5.18. The van der Waals surface area contributed by atoms with Gasteiger partial charge < -0.3 is 9.84 Å². The normalized spacial score (nSPS) is 26.2. The SMILES string of the molecule is CC(C)COC(=O)CN1CC(CO)CCC1C. The van der Waals surface area contributed by atoms with Gasteiger partial charge in [-0.05, 0) is 31.6 Å². The van der Waals surface area contributed by atoms with Crippen LogP contribution in [-0.2, 0) is 9.53 Å². The number of esters is 1. The zero-order valence-corrected chi connectivity index (χ0v) is 11.2. The molecular formula is C13H25NO3. The van der Waals surface area contributed by atoms with Crippen LogP contribution >= 0.6 is 0 Å². The van der Waals surface area contributed by atoms with E-state index in [1.165, 1.54) is 0 Å². The van der Waals surface area contributed by atoms with Crippen LogP contribution < -0.4 is 0 Å². The van der Waals surface area contributed by atoms with Gasteiger partial charge in [-0.1, -0.05) is 13.8 Å². The van der Waals surface area contributed by atoms with Crippen molar-refractivity contribution in [2.75, 3.05) is 26.3 Å². The summed E-state index contributed by atoms with van der Waals surface area (Å²) >= 11 is 0. The Morgan fingerprint density at radius 2 is 2.18 bits per heavy atom. The monoisotopic (exact) mass is 243 g/mol. The van der Waals surface area contributed by atoms with E-state index in [0.717, 1.165) is 19.4 Å². The third-order valence-corrected chi connectivity index (χ3v) is 3.28. The Labute approximate surface area is 104 Å². The highest BCUT2D eigenvalue weighted by atomic mass is 16.5. The molecule has 1 aliphatic rings. The molecule has 2 unspecified atom stereocenters. The highest BCUT2D eigenvalue weighted by molar-refractivity contribution is 5.71. The number of nitrogens with zero attached hydrogens (tertiary/aromatic N) is 1. The molecule has 0 saturated carbocycles. The van der Waals surface area contributed by atoms with Crippen LogP contribution in [0.25, 0.3) is 0 Å². The first-order chi connectivity index (χ1) is 8.02. The summed E-state index contributed by atoms with van der Waals surface area (Å²) in [5.41, 5.74) is 0. The van der Waals surface area contributed by atoms with E-state index in [1.54, 1.807) is 0 Å². The van der Waals surface area contributed by atoms with E-state index in [1.807, 2.05) is 13.8 Å². The van der Waals surface area contributed by atoms with Crippen LogP contribution in [0.5, 0.6) is 0 Å². The number of carbonyl (C=O) groups is 1. The van der Waals surface area contributed by atoms with Crippen molar-refractivity contribution in [2.45, 2.75) is 39.7 Å². The van der Waals surface area contributed by atoms with Gasteiger partial charge in [-0.25, -0.2) is 0 Å². The van der Waals surface area contributed by atoms with Crippen molar-refractivity contribution in [3.8, 4) is 0 Å². The Morgan fingerprint density at radius 1 is 1.47 bits per heavy atom. The molecule has 0 bridgehead atoms. The molecule has 1 rings (SSSR count). The largest absolute Gasteiger partial charge is 0.464 e. The lowest BCUT2D eigenvalue weighted by molar-refractivity contribution is -0.147. The number of ether oxygens (including phenoxy) is 1. The lowest BCUT2D eigenvalue weighted by atomic mass is 9.94. The summed E-state index contributed by atoms with van der Waals surface area (Å²) in [6.07, 6.45) is 2.10. The molecule has 17 heavy (non-hydrogen) atoms. The molecular weight excluding hydrogens is 218 g/mol. The van der Waals surface area contributed by atoms with Crippen LogP contribution in [0.15, 0.2) is 0 Å². The average Bonchev–Trinajstić information content (AvgIpc) is 2.29. The van der Waals surface area contributed by atoms with Crippen LogP contribution in [0, 0.1) is 11.8 Å². The summed E-state index contributed by atoms with van der Waals surface area (Å²) in [6, 6.07) is 0.407. The molecule has 1 fully saturated rings. The summed E-state index contributed by atoms with van der Waals surface area (Å²) in [5.74, 6) is 0.538. The molecule has 4 heteroatoms. The molecule has 4 nitrogen and oxygen atoms in total. The average molecular weight is 243 g/mol. The third-order valence-electron chi connectivity index (χ3n) is 3.28. The number of aliphatic hydroxyl groups excluding tert-OH is 1. The first-order valence-corrected chi connectivity index (χ1v) is 6.53. The number of likely N-dealkylation sites (tertiary alicyclic amines) is 1. The van der Waals surface area contributed by atoms with E-state index in [0.29, 0.717) is 31.0 Å². The molecule has 0 radical (unpaired) electrons. The lowest BCUT2D eigenvalue weighted by Gasteiger charge is -2.36. The van der Waals surface area contributed by atoms with E-state index in [4.69, 9.17) is 9.84 Å². The van der Waals surface area contributed by atoms with Gasteiger partial charge in [-0.3, -0.25) is 9.69 Å². The summed E-state index contributed by atoms with van der Waals surface area (Å²) in [5, 5.41) is 9.16. The van der Waals surface area contributed by atoms with Gasteiger partial charge in [0.15, 0.2) is 0 Å². The third kappa shape index (κ3) is 5.04. The Morgan fingerprint density at radius 3 is 2.76 bits per heavy atom. The molecule has 2 atom stereocenters. The molecule has 0 aliphatic carbocycles. The van der Waals surface area contributed by atoms with E-state index in [-0.39, 0.29) is 12.6 Å². The second-order valence-corrected chi connectivity index (χ2v) is 5.48. The minimum absolute atomic E-state index is 0.149. The predicted octanol–water partition coefficient (Wildman–Crippen LogP) is 1.28. The summed E-state index contributed by atoms with van der Waals surface area (Å²) in [7, 11) is 0. The van der Waals surface area contributed by atoms with Crippen molar-refractivity contribution in [1.82, 2.24) is 4.90 Å². The molecule has 0 aromatic heterocycles. The standard InChI is InChI=1S/C13H25NO3/c1-10(2)9-17-13(16)7-14-6-12(8-15)5-4-11(14)3/h10-12,15H,4-9H2,1-3H3. The number of rotatable bonds is 5. The van der Waals surface area contributed by atoms with Crippen molar-refractivity contribution >= 4 is 5.97 Å². The van der Waals surface area contributed by atoms with E-state index >= 15 is 0 Å². The Bertz CT molecular complexity index is 243. The highest BCUT2D eigenvalue weighted by Crippen LogP contribution is 2.21. The first-order valence-electron chi connectivity index (χ1n) is 6.53. The fourth-order valence-electron chi connectivity index (χ4n) is 2.10. The zero-order valence-electron chi connectivity index (χ0n) is 11.2. The van der Waals surface area contributed by atoms with Crippen molar-refractivity contribution in [3.63, 3.8) is 0 Å². The van der Waals surface area contributed by atoms with Gasteiger partial charge >= 0.3 is 5.97 Å². The number of hydrogen-bond donors (Lipinski definition) is 1. The first kappa shape index (κ1) is 14.5. The topological polar surface area (TPSA) is 49.8 Å². The summed E-state index contributed by atoms with van der Waals surface area (Å²) in [4.78, 5) is 13.7. The molecule has 1 aliphatic heterocycles. The molecule has 0 spiro atoms. The van der Waals surface area contributed by atoms with E-state index < -0.39 is 0 Å². The maximum atomic E-state index is 11.6. The fraction of sp³-hybridized carbons (Fsp3) is 0.923. The van der Waals surface area contributed by atoms with Crippen LogP contribution in [0.1, 0.15) is 33.6 Å². The second kappa shape index (κ2) is 6.97. The van der Waals surface area contributed by atoms with Crippen molar-refractivity contribution in [1.29, 1.82) is 0 Å². The highest BCUT2D eigenvalue weighted by Gasteiger charge is 2.26. The summed E-state index contributed by atoms with van der Waals surface area (Å²) in [6.45, 7) is 8.04. The molecule has 0 aromatic carbocycles. The molecule has 100 valence electrons. The van der Waals surface area contributed by atoms with Crippen molar-refractivity contribution in [2.24, 2.45) is 11.8 Å². The van der Waals surface area contributed by atoms with Crippen LogP contribution in [-0.4, -0.2) is 48.3 Å².